The van der Waals surface area contributed by atoms with Gasteiger partial charge in [0, 0.05) is 12.6 Å². The molecular formula is C8H17NO5. The van der Waals surface area contributed by atoms with Gasteiger partial charge in [-0.15, -0.1) is 0 Å². The SMILES string of the molecule is OC[C@@H](O)[C@H](O)[C@@H](O)[C@@H]1C[C@@H](O)CN1. The van der Waals surface area contributed by atoms with Crippen LogP contribution in [-0.2, 0) is 0 Å². The first kappa shape index (κ1) is 11.8. The molecule has 1 fully saturated rings. The van der Waals surface area contributed by atoms with Crippen molar-refractivity contribution in [2.75, 3.05) is 13.2 Å². The molecule has 6 N–H and O–H groups in total. The van der Waals surface area contributed by atoms with Crippen molar-refractivity contribution in [3.8, 4) is 0 Å². The summed E-state index contributed by atoms with van der Waals surface area (Å²) in [7, 11) is 0. The van der Waals surface area contributed by atoms with Gasteiger partial charge in [0.2, 0.25) is 0 Å². The van der Waals surface area contributed by atoms with Crippen LogP contribution in [0.4, 0.5) is 0 Å². The fourth-order valence-electron chi connectivity index (χ4n) is 1.58. The lowest BCUT2D eigenvalue weighted by Gasteiger charge is -2.26. The lowest BCUT2D eigenvalue weighted by molar-refractivity contribution is -0.0858. The third-order valence-corrected chi connectivity index (χ3v) is 2.49. The monoisotopic (exact) mass is 207 g/mol. The first-order valence-corrected chi connectivity index (χ1v) is 4.62. The molecule has 14 heavy (non-hydrogen) atoms. The van der Waals surface area contributed by atoms with Gasteiger partial charge in [-0.05, 0) is 6.42 Å². The van der Waals surface area contributed by atoms with E-state index in [1.54, 1.807) is 0 Å². The van der Waals surface area contributed by atoms with E-state index in [4.69, 9.17) is 15.3 Å². The molecule has 0 saturated carbocycles. The van der Waals surface area contributed by atoms with Crippen molar-refractivity contribution < 1.29 is 25.5 Å². The van der Waals surface area contributed by atoms with Crippen LogP contribution < -0.4 is 5.32 Å². The molecule has 6 nitrogen and oxygen atoms in total. The van der Waals surface area contributed by atoms with E-state index in [1.165, 1.54) is 0 Å². The number of hydrogen-bond donors (Lipinski definition) is 6. The Morgan fingerprint density at radius 2 is 1.93 bits per heavy atom. The summed E-state index contributed by atoms with van der Waals surface area (Å²) in [4.78, 5) is 0. The molecule has 1 saturated heterocycles. The maximum Gasteiger partial charge on any atom is 0.109 e. The predicted molar refractivity (Wildman–Crippen MR) is 47.5 cm³/mol. The van der Waals surface area contributed by atoms with Crippen LogP contribution in [0.5, 0.6) is 0 Å². The van der Waals surface area contributed by atoms with Gasteiger partial charge >= 0.3 is 0 Å². The van der Waals surface area contributed by atoms with Gasteiger partial charge in [-0.2, -0.15) is 0 Å². The normalized spacial score (nSPS) is 34.1. The summed E-state index contributed by atoms with van der Waals surface area (Å²) in [5, 5.41) is 48.5. The molecule has 0 aliphatic carbocycles. The van der Waals surface area contributed by atoms with Gasteiger partial charge in [0.25, 0.3) is 0 Å². The fourth-order valence-corrected chi connectivity index (χ4v) is 1.58. The van der Waals surface area contributed by atoms with Gasteiger partial charge in [0.15, 0.2) is 0 Å². The Labute approximate surface area is 81.8 Å². The number of aliphatic hydroxyl groups excluding tert-OH is 5. The Morgan fingerprint density at radius 3 is 2.36 bits per heavy atom. The van der Waals surface area contributed by atoms with Crippen molar-refractivity contribution in [2.45, 2.75) is 36.9 Å². The summed E-state index contributed by atoms with van der Waals surface area (Å²) in [6.07, 6.45) is -4.15. The van der Waals surface area contributed by atoms with Crippen LogP contribution >= 0.6 is 0 Å². The van der Waals surface area contributed by atoms with Crippen molar-refractivity contribution >= 4 is 0 Å². The number of β-amino-alcohol motifs (C(OH)–C–C–N with tert-alkyl or cyclic N) is 1. The summed E-state index contributed by atoms with van der Waals surface area (Å²) in [5.74, 6) is 0. The highest BCUT2D eigenvalue weighted by molar-refractivity contribution is 4.91. The van der Waals surface area contributed by atoms with E-state index in [0.29, 0.717) is 13.0 Å². The molecule has 5 atom stereocenters. The van der Waals surface area contributed by atoms with Crippen LogP contribution in [-0.4, -0.2) is 69.1 Å². The molecule has 0 aromatic rings. The zero-order valence-electron chi connectivity index (χ0n) is 7.74. The topological polar surface area (TPSA) is 113 Å². The summed E-state index contributed by atoms with van der Waals surface area (Å²) in [6.45, 7) is -0.239. The van der Waals surface area contributed by atoms with E-state index in [0.717, 1.165) is 0 Å². The molecule has 0 bridgehead atoms. The summed E-state index contributed by atoms with van der Waals surface area (Å²) >= 11 is 0. The summed E-state index contributed by atoms with van der Waals surface area (Å²) < 4.78 is 0. The third-order valence-electron chi connectivity index (χ3n) is 2.49. The van der Waals surface area contributed by atoms with Crippen LogP contribution in [0.1, 0.15) is 6.42 Å². The standard InChI is InChI=1S/C8H17NO5/c10-3-6(12)8(14)7(13)5-1-4(11)2-9-5/h4-14H,1-3H2/t4-,5+,6-,7+,8+/m1/s1. The van der Waals surface area contributed by atoms with Crippen molar-refractivity contribution in [3.05, 3.63) is 0 Å². The van der Waals surface area contributed by atoms with Gasteiger partial charge in [-0.25, -0.2) is 0 Å². The van der Waals surface area contributed by atoms with Crippen molar-refractivity contribution in [1.29, 1.82) is 0 Å². The van der Waals surface area contributed by atoms with Crippen molar-refractivity contribution in [3.63, 3.8) is 0 Å². The quantitative estimate of drug-likeness (QED) is 0.289. The third kappa shape index (κ3) is 2.63. The number of aliphatic hydroxyl groups is 5. The van der Waals surface area contributed by atoms with Crippen LogP contribution in [0.25, 0.3) is 0 Å². The molecule has 0 aromatic carbocycles. The first-order valence-electron chi connectivity index (χ1n) is 4.62. The Bertz CT molecular complexity index is 177. The van der Waals surface area contributed by atoms with Gasteiger partial charge in [0.05, 0.1) is 18.8 Å². The second-order valence-electron chi connectivity index (χ2n) is 3.64. The number of rotatable bonds is 4. The van der Waals surface area contributed by atoms with Gasteiger partial charge in [-0.3, -0.25) is 0 Å². The smallest absolute Gasteiger partial charge is 0.109 e. The van der Waals surface area contributed by atoms with E-state index in [-0.39, 0.29) is 0 Å². The Balaban J connectivity index is 2.43. The Morgan fingerprint density at radius 1 is 1.29 bits per heavy atom. The van der Waals surface area contributed by atoms with E-state index < -0.39 is 37.1 Å². The molecule has 0 spiro atoms. The molecule has 0 radical (unpaired) electrons. The van der Waals surface area contributed by atoms with Gasteiger partial charge in [-0.1, -0.05) is 0 Å². The van der Waals surface area contributed by atoms with Crippen LogP contribution in [0, 0.1) is 0 Å². The minimum Gasteiger partial charge on any atom is -0.394 e. The van der Waals surface area contributed by atoms with E-state index >= 15 is 0 Å². The average Bonchev–Trinajstić information content (AvgIpc) is 2.61. The van der Waals surface area contributed by atoms with E-state index in [9.17, 15) is 10.2 Å². The lowest BCUT2D eigenvalue weighted by atomic mass is 10.00. The molecule has 6 heteroatoms. The van der Waals surface area contributed by atoms with Gasteiger partial charge < -0.3 is 30.8 Å². The molecule has 0 unspecified atom stereocenters. The summed E-state index contributed by atoms with van der Waals surface area (Å²) in [5.41, 5.74) is 0. The highest BCUT2D eigenvalue weighted by Gasteiger charge is 2.35. The van der Waals surface area contributed by atoms with Crippen molar-refractivity contribution in [2.24, 2.45) is 0 Å². The predicted octanol–water partition coefficient (Wildman–Crippen LogP) is -3.22. The minimum absolute atomic E-state index is 0.330. The zero-order valence-corrected chi connectivity index (χ0v) is 7.74. The lowest BCUT2D eigenvalue weighted by Crippen LogP contribution is -2.49. The molecule has 0 amide bonds. The molecule has 84 valence electrons. The highest BCUT2D eigenvalue weighted by atomic mass is 16.4. The largest absolute Gasteiger partial charge is 0.394 e. The van der Waals surface area contributed by atoms with Crippen LogP contribution in [0.2, 0.25) is 0 Å². The fraction of sp³-hybridized carbons (Fsp3) is 1.00. The minimum atomic E-state index is -1.40. The molecule has 1 aliphatic rings. The highest BCUT2D eigenvalue weighted by Crippen LogP contribution is 2.14. The summed E-state index contributed by atoms with van der Waals surface area (Å²) in [6, 6.07) is -0.443. The average molecular weight is 207 g/mol. The molecule has 1 heterocycles. The van der Waals surface area contributed by atoms with Crippen molar-refractivity contribution in [1.82, 2.24) is 5.32 Å². The van der Waals surface area contributed by atoms with Gasteiger partial charge in [0.1, 0.15) is 12.2 Å². The number of hydrogen-bond acceptors (Lipinski definition) is 6. The molecule has 1 aliphatic heterocycles. The molecular weight excluding hydrogens is 190 g/mol. The van der Waals surface area contributed by atoms with E-state index in [2.05, 4.69) is 5.32 Å². The Hall–Kier alpha value is -0.240. The molecule has 0 aromatic heterocycles. The Kier molecular flexibility index (Phi) is 4.24. The number of nitrogens with one attached hydrogen (secondary N) is 1. The van der Waals surface area contributed by atoms with Crippen LogP contribution in [0.3, 0.4) is 0 Å². The molecule has 1 rings (SSSR count). The second kappa shape index (κ2) is 5.01. The second-order valence-corrected chi connectivity index (χ2v) is 3.64. The van der Waals surface area contributed by atoms with Crippen LogP contribution in [0.15, 0.2) is 0 Å². The van der Waals surface area contributed by atoms with E-state index in [1.807, 2.05) is 0 Å². The maximum absolute atomic E-state index is 9.54. The maximum atomic E-state index is 9.54. The zero-order chi connectivity index (χ0) is 10.7. The first-order chi connectivity index (χ1) is 6.56.